The fourth-order valence-corrected chi connectivity index (χ4v) is 4.16. The van der Waals surface area contributed by atoms with Gasteiger partial charge in [-0.25, -0.2) is 0 Å². The minimum Gasteiger partial charge on any atom is -0.497 e. The first-order valence-corrected chi connectivity index (χ1v) is 10.9. The van der Waals surface area contributed by atoms with E-state index in [1.807, 2.05) is 72.8 Å². The summed E-state index contributed by atoms with van der Waals surface area (Å²) in [7, 11) is 3.23. The van der Waals surface area contributed by atoms with Crippen molar-refractivity contribution in [3.8, 4) is 11.5 Å². The molecular formula is C27H28N2O4. The number of hydrogen-bond donors (Lipinski definition) is 1. The Morgan fingerprint density at radius 1 is 0.909 bits per heavy atom. The molecule has 33 heavy (non-hydrogen) atoms. The van der Waals surface area contributed by atoms with Crippen molar-refractivity contribution < 1.29 is 19.1 Å². The summed E-state index contributed by atoms with van der Waals surface area (Å²) in [5, 5.41) is 2.96. The van der Waals surface area contributed by atoms with Gasteiger partial charge >= 0.3 is 0 Å². The summed E-state index contributed by atoms with van der Waals surface area (Å²) in [6.45, 7) is 2.45. The van der Waals surface area contributed by atoms with E-state index < -0.39 is 5.41 Å². The van der Waals surface area contributed by atoms with Gasteiger partial charge in [-0.1, -0.05) is 42.5 Å². The molecule has 1 N–H and O–H groups in total. The third kappa shape index (κ3) is 4.55. The average molecular weight is 445 g/mol. The maximum absolute atomic E-state index is 13.7. The molecule has 0 spiro atoms. The second-order valence-electron chi connectivity index (χ2n) is 8.41. The van der Waals surface area contributed by atoms with Gasteiger partial charge in [-0.2, -0.15) is 0 Å². The van der Waals surface area contributed by atoms with Gasteiger partial charge in [0.05, 0.1) is 20.8 Å². The molecule has 0 bridgehead atoms. The van der Waals surface area contributed by atoms with Crippen molar-refractivity contribution in [2.75, 3.05) is 19.1 Å². The van der Waals surface area contributed by atoms with Crippen molar-refractivity contribution in [2.45, 2.75) is 26.4 Å². The van der Waals surface area contributed by atoms with E-state index in [1.54, 1.807) is 26.0 Å². The third-order valence-corrected chi connectivity index (χ3v) is 6.16. The fraction of sp³-hybridized carbons (Fsp3) is 0.259. The highest BCUT2D eigenvalue weighted by Gasteiger charge is 2.48. The van der Waals surface area contributed by atoms with Crippen LogP contribution in [-0.2, 0) is 29.1 Å². The molecule has 1 aliphatic heterocycles. The van der Waals surface area contributed by atoms with Crippen LogP contribution >= 0.6 is 0 Å². The summed E-state index contributed by atoms with van der Waals surface area (Å²) in [4.78, 5) is 28.7. The van der Waals surface area contributed by atoms with Gasteiger partial charge in [-0.3, -0.25) is 9.59 Å². The van der Waals surface area contributed by atoms with Gasteiger partial charge < -0.3 is 19.7 Å². The number of anilines is 1. The molecule has 1 atom stereocenters. The van der Waals surface area contributed by atoms with E-state index >= 15 is 0 Å². The van der Waals surface area contributed by atoms with Crippen molar-refractivity contribution in [2.24, 2.45) is 5.41 Å². The molecule has 2 amide bonds. The molecule has 0 radical (unpaired) electrons. The third-order valence-electron chi connectivity index (χ3n) is 6.16. The van der Waals surface area contributed by atoms with E-state index in [2.05, 4.69) is 5.32 Å². The number of carbonyl (C=O) groups is 2. The fourth-order valence-electron chi connectivity index (χ4n) is 4.16. The summed E-state index contributed by atoms with van der Waals surface area (Å²) < 4.78 is 10.4. The Morgan fingerprint density at radius 2 is 1.48 bits per heavy atom. The number of nitrogens with one attached hydrogen (secondary N) is 1. The summed E-state index contributed by atoms with van der Waals surface area (Å²) in [6.07, 6.45) is 0.357. The van der Waals surface area contributed by atoms with E-state index in [0.29, 0.717) is 19.5 Å². The molecule has 1 heterocycles. The maximum Gasteiger partial charge on any atom is 0.243 e. The molecule has 3 aromatic carbocycles. The average Bonchev–Trinajstić information content (AvgIpc) is 2.86. The van der Waals surface area contributed by atoms with Gasteiger partial charge in [0.25, 0.3) is 0 Å². The Kier molecular flexibility index (Phi) is 6.36. The first-order valence-electron chi connectivity index (χ1n) is 10.9. The van der Waals surface area contributed by atoms with E-state index in [1.165, 1.54) is 0 Å². The predicted octanol–water partition coefficient (Wildman–Crippen LogP) is 4.12. The molecular weight excluding hydrogens is 416 g/mol. The highest BCUT2D eigenvalue weighted by Crippen LogP contribution is 2.38. The van der Waals surface area contributed by atoms with Crippen LogP contribution in [0.1, 0.15) is 23.6 Å². The lowest BCUT2D eigenvalue weighted by Crippen LogP contribution is -2.55. The zero-order valence-electron chi connectivity index (χ0n) is 19.1. The van der Waals surface area contributed by atoms with Crippen molar-refractivity contribution in [3.63, 3.8) is 0 Å². The second kappa shape index (κ2) is 9.36. The number of para-hydroxylation sites is 1. The molecule has 0 saturated carbocycles. The lowest BCUT2D eigenvalue weighted by Gasteiger charge is -2.39. The molecule has 170 valence electrons. The first-order chi connectivity index (χ1) is 15.9. The number of amides is 2. The van der Waals surface area contributed by atoms with E-state index in [0.717, 1.165) is 33.9 Å². The minimum atomic E-state index is -1.20. The van der Waals surface area contributed by atoms with E-state index in [4.69, 9.17) is 9.47 Å². The quantitative estimate of drug-likeness (QED) is 0.557. The molecule has 0 saturated heterocycles. The molecule has 4 rings (SSSR count). The summed E-state index contributed by atoms with van der Waals surface area (Å²) in [6, 6.07) is 22.9. The van der Waals surface area contributed by atoms with Gasteiger partial charge in [-0.15, -0.1) is 0 Å². The van der Waals surface area contributed by atoms with Crippen molar-refractivity contribution in [1.29, 1.82) is 0 Å². The van der Waals surface area contributed by atoms with Crippen LogP contribution in [0.2, 0.25) is 0 Å². The molecule has 1 aliphatic rings. The van der Waals surface area contributed by atoms with Crippen LogP contribution in [0.5, 0.6) is 11.5 Å². The zero-order chi connectivity index (χ0) is 23.4. The van der Waals surface area contributed by atoms with E-state index in [9.17, 15) is 9.59 Å². The predicted molar refractivity (Wildman–Crippen MR) is 127 cm³/mol. The Labute approximate surface area is 194 Å². The summed E-state index contributed by atoms with van der Waals surface area (Å²) in [5.41, 5.74) is 2.52. The molecule has 0 aliphatic carbocycles. The van der Waals surface area contributed by atoms with Gasteiger partial charge in [0.15, 0.2) is 0 Å². The van der Waals surface area contributed by atoms with Crippen molar-refractivity contribution >= 4 is 17.5 Å². The van der Waals surface area contributed by atoms with Crippen LogP contribution < -0.4 is 19.7 Å². The normalized spacial score (nSPS) is 17.3. The molecule has 6 heteroatoms. The zero-order valence-corrected chi connectivity index (χ0v) is 19.1. The van der Waals surface area contributed by atoms with Gasteiger partial charge in [0, 0.05) is 12.2 Å². The number of methoxy groups -OCH3 is 2. The first kappa shape index (κ1) is 22.4. The highest BCUT2D eigenvalue weighted by atomic mass is 16.5. The number of nitrogens with zero attached hydrogens (tertiary/aromatic N) is 1. The second-order valence-corrected chi connectivity index (χ2v) is 8.41. The molecule has 6 nitrogen and oxygen atoms in total. The molecule has 3 aromatic rings. The summed E-state index contributed by atoms with van der Waals surface area (Å²) >= 11 is 0. The van der Waals surface area contributed by atoms with E-state index in [-0.39, 0.29) is 11.8 Å². The van der Waals surface area contributed by atoms with Gasteiger partial charge in [0.2, 0.25) is 11.8 Å². The van der Waals surface area contributed by atoms with Crippen molar-refractivity contribution in [3.05, 3.63) is 89.5 Å². The van der Waals surface area contributed by atoms with Crippen LogP contribution in [0.15, 0.2) is 72.8 Å². The number of fused-ring (bicyclic) bond motifs is 1. The lowest BCUT2D eigenvalue weighted by atomic mass is 9.77. The largest absolute Gasteiger partial charge is 0.497 e. The lowest BCUT2D eigenvalue weighted by molar-refractivity contribution is -0.141. The topological polar surface area (TPSA) is 67.9 Å². The van der Waals surface area contributed by atoms with Crippen LogP contribution in [-0.4, -0.2) is 26.0 Å². The highest BCUT2D eigenvalue weighted by molar-refractivity contribution is 6.13. The van der Waals surface area contributed by atoms with Crippen LogP contribution in [0.4, 0.5) is 5.69 Å². The maximum atomic E-state index is 13.7. The Hall–Kier alpha value is -3.80. The standard InChI is InChI=1S/C27H28N2O4/c1-27(25(30)28-17-19-8-12-22(32-2)13-9-19)16-21-6-4-5-7-24(21)29(26(27)31)18-20-10-14-23(33-3)15-11-20/h4-15H,16-18H2,1-3H3,(H,28,30)/t27-/m0/s1. The van der Waals surface area contributed by atoms with Crippen LogP contribution in [0.25, 0.3) is 0 Å². The number of benzene rings is 3. The molecule has 0 fully saturated rings. The Morgan fingerprint density at radius 3 is 2.09 bits per heavy atom. The van der Waals surface area contributed by atoms with Gasteiger partial charge in [0.1, 0.15) is 16.9 Å². The minimum absolute atomic E-state index is 0.204. The van der Waals surface area contributed by atoms with Gasteiger partial charge in [-0.05, 0) is 60.4 Å². The van der Waals surface area contributed by atoms with Crippen molar-refractivity contribution in [1.82, 2.24) is 5.32 Å². The monoisotopic (exact) mass is 444 g/mol. The Balaban J connectivity index is 1.56. The number of hydrogen-bond acceptors (Lipinski definition) is 4. The summed E-state index contributed by atoms with van der Waals surface area (Å²) in [5.74, 6) is 1.03. The smallest absolute Gasteiger partial charge is 0.243 e. The number of carbonyl (C=O) groups excluding carboxylic acids is 2. The van der Waals surface area contributed by atoms with Crippen LogP contribution in [0, 0.1) is 5.41 Å². The number of rotatable bonds is 7. The number of ether oxygens (including phenoxy) is 2. The SMILES string of the molecule is COc1ccc(CNC(=O)[C@]2(C)Cc3ccccc3N(Cc3ccc(OC)cc3)C2=O)cc1. The Bertz CT molecular complexity index is 1140. The molecule has 0 aromatic heterocycles. The van der Waals surface area contributed by atoms with Crippen LogP contribution in [0.3, 0.4) is 0 Å². The molecule has 0 unspecified atom stereocenters.